The first kappa shape index (κ1) is 19.6. The number of hydrogen-bond acceptors (Lipinski definition) is 5. The van der Waals surface area contributed by atoms with Crippen molar-refractivity contribution in [1.82, 2.24) is 5.48 Å². The van der Waals surface area contributed by atoms with Gasteiger partial charge in [0.25, 0.3) is 15.9 Å². The molecule has 0 saturated heterocycles. The SMILES string of the molecule is COc1ccc(S(=O)(=O)N(c2ccc(F)c(F)c2)C(C)C(=O)NO)cc1. The van der Waals surface area contributed by atoms with Gasteiger partial charge < -0.3 is 4.74 Å². The summed E-state index contributed by atoms with van der Waals surface area (Å²) < 4.78 is 58.4. The van der Waals surface area contributed by atoms with Gasteiger partial charge in [-0.25, -0.2) is 22.7 Å². The van der Waals surface area contributed by atoms with Crippen LogP contribution >= 0.6 is 0 Å². The van der Waals surface area contributed by atoms with Crippen molar-refractivity contribution in [3.63, 3.8) is 0 Å². The highest BCUT2D eigenvalue weighted by atomic mass is 32.2. The fraction of sp³-hybridized carbons (Fsp3) is 0.188. The van der Waals surface area contributed by atoms with Crippen LogP contribution in [0.5, 0.6) is 5.75 Å². The van der Waals surface area contributed by atoms with Crippen LogP contribution in [0.4, 0.5) is 14.5 Å². The Hall–Kier alpha value is -2.72. The van der Waals surface area contributed by atoms with Gasteiger partial charge in [-0.05, 0) is 43.3 Å². The Morgan fingerprint density at radius 3 is 2.27 bits per heavy atom. The molecular weight excluding hydrogens is 370 g/mol. The number of methoxy groups -OCH3 is 1. The first-order valence-electron chi connectivity index (χ1n) is 7.30. The first-order valence-corrected chi connectivity index (χ1v) is 8.74. The maximum atomic E-state index is 13.6. The molecule has 0 fully saturated rings. The molecule has 1 amide bonds. The highest BCUT2D eigenvalue weighted by Crippen LogP contribution is 2.28. The Kier molecular flexibility index (Phi) is 5.78. The lowest BCUT2D eigenvalue weighted by molar-refractivity contribution is -0.129. The van der Waals surface area contributed by atoms with Crippen LogP contribution in [0.25, 0.3) is 0 Å². The minimum atomic E-state index is -4.35. The van der Waals surface area contributed by atoms with E-state index in [0.717, 1.165) is 12.1 Å². The molecule has 0 saturated carbocycles. The lowest BCUT2D eigenvalue weighted by Crippen LogP contribution is -2.47. The van der Waals surface area contributed by atoms with Crippen molar-refractivity contribution < 1.29 is 31.9 Å². The Labute approximate surface area is 148 Å². The zero-order valence-corrected chi connectivity index (χ0v) is 14.6. The van der Waals surface area contributed by atoms with Gasteiger partial charge in [0.1, 0.15) is 11.8 Å². The molecule has 2 rings (SSSR count). The Bertz CT molecular complexity index is 903. The molecule has 140 valence electrons. The Morgan fingerprint density at radius 1 is 1.15 bits per heavy atom. The second-order valence-corrected chi connectivity index (χ2v) is 7.04. The number of anilines is 1. The van der Waals surface area contributed by atoms with E-state index in [2.05, 4.69) is 0 Å². The molecule has 0 aromatic heterocycles. The molecular formula is C16H16F2N2O5S. The average molecular weight is 386 g/mol. The van der Waals surface area contributed by atoms with Gasteiger partial charge in [0.15, 0.2) is 11.6 Å². The smallest absolute Gasteiger partial charge is 0.266 e. The number of hydroxylamine groups is 1. The second-order valence-electron chi connectivity index (χ2n) is 5.23. The lowest BCUT2D eigenvalue weighted by atomic mass is 10.2. The van der Waals surface area contributed by atoms with E-state index in [0.29, 0.717) is 16.1 Å². The second kappa shape index (κ2) is 7.67. The fourth-order valence-corrected chi connectivity index (χ4v) is 3.86. The summed E-state index contributed by atoms with van der Waals surface area (Å²) in [5.74, 6) is -3.10. The van der Waals surface area contributed by atoms with Gasteiger partial charge in [-0.1, -0.05) is 0 Å². The third-order valence-electron chi connectivity index (χ3n) is 3.62. The maximum absolute atomic E-state index is 13.6. The largest absolute Gasteiger partial charge is 0.497 e. The number of hydrogen-bond donors (Lipinski definition) is 2. The summed E-state index contributed by atoms with van der Waals surface area (Å²) in [4.78, 5) is 11.6. The Balaban J connectivity index is 2.61. The molecule has 0 aliphatic rings. The fourth-order valence-electron chi connectivity index (χ4n) is 2.25. The number of nitrogens with one attached hydrogen (secondary N) is 1. The third kappa shape index (κ3) is 3.75. The number of rotatable bonds is 6. The van der Waals surface area contributed by atoms with Crippen molar-refractivity contribution in [3.8, 4) is 5.75 Å². The van der Waals surface area contributed by atoms with Gasteiger partial charge in [0.05, 0.1) is 17.7 Å². The van der Waals surface area contributed by atoms with E-state index in [9.17, 15) is 22.0 Å². The van der Waals surface area contributed by atoms with E-state index in [4.69, 9.17) is 9.94 Å². The quantitative estimate of drug-likeness (QED) is 0.585. The molecule has 0 radical (unpaired) electrons. The number of amides is 1. The van der Waals surface area contributed by atoms with Crippen LogP contribution in [0, 0.1) is 11.6 Å². The molecule has 0 bridgehead atoms. The molecule has 7 nitrogen and oxygen atoms in total. The van der Waals surface area contributed by atoms with Gasteiger partial charge in [0.2, 0.25) is 0 Å². The molecule has 0 spiro atoms. The molecule has 2 aromatic carbocycles. The van der Waals surface area contributed by atoms with Gasteiger partial charge in [-0.15, -0.1) is 0 Å². The summed E-state index contributed by atoms with van der Waals surface area (Å²) in [7, 11) is -2.94. The topological polar surface area (TPSA) is 95.9 Å². The number of nitrogens with zero attached hydrogens (tertiary/aromatic N) is 1. The zero-order valence-electron chi connectivity index (χ0n) is 13.8. The molecule has 10 heteroatoms. The first-order chi connectivity index (χ1) is 12.2. The molecule has 2 aromatic rings. The molecule has 0 aliphatic heterocycles. The van der Waals surface area contributed by atoms with Crippen molar-refractivity contribution in [1.29, 1.82) is 0 Å². The van der Waals surface area contributed by atoms with Crippen LogP contribution in [-0.4, -0.2) is 32.7 Å². The van der Waals surface area contributed by atoms with Crippen LogP contribution in [0.15, 0.2) is 47.4 Å². The zero-order chi connectivity index (χ0) is 19.5. The van der Waals surface area contributed by atoms with Crippen molar-refractivity contribution >= 4 is 21.6 Å². The monoisotopic (exact) mass is 386 g/mol. The minimum absolute atomic E-state index is 0.208. The van der Waals surface area contributed by atoms with Gasteiger partial charge in [-0.3, -0.25) is 14.3 Å². The van der Waals surface area contributed by atoms with E-state index < -0.39 is 33.6 Å². The van der Waals surface area contributed by atoms with Crippen LogP contribution in [0.2, 0.25) is 0 Å². The van der Waals surface area contributed by atoms with Gasteiger partial charge in [-0.2, -0.15) is 0 Å². The van der Waals surface area contributed by atoms with E-state index in [1.54, 1.807) is 0 Å². The number of halogens is 2. The molecule has 26 heavy (non-hydrogen) atoms. The van der Waals surface area contributed by atoms with E-state index in [1.165, 1.54) is 43.8 Å². The predicted molar refractivity (Wildman–Crippen MR) is 88.4 cm³/mol. The lowest BCUT2D eigenvalue weighted by Gasteiger charge is -2.29. The number of benzene rings is 2. The molecule has 0 aliphatic carbocycles. The normalized spacial score (nSPS) is 12.3. The van der Waals surface area contributed by atoms with Crippen molar-refractivity contribution in [2.45, 2.75) is 17.9 Å². The summed E-state index contributed by atoms with van der Waals surface area (Å²) in [5, 5.41) is 8.83. The van der Waals surface area contributed by atoms with Crippen LogP contribution in [0.1, 0.15) is 6.92 Å². The number of sulfonamides is 1. The number of carbonyl (C=O) groups is 1. The van der Waals surface area contributed by atoms with Crippen molar-refractivity contribution in [2.75, 3.05) is 11.4 Å². The summed E-state index contributed by atoms with van der Waals surface area (Å²) >= 11 is 0. The number of carbonyl (C=O) groups excluding carboxylic acids is 1. The predicted octanol–water partition coefficient (Wildman–Crippen LogP) is 2.06. The Morgan fingerprint density at radius 2 is 1.77 bits per heavy atom. The van der Waals surface area contributed by atoms with E-state index >= 15 is 0 Å². The van der Waals surface area contributed by atoms with Crippen molar-refractivity contribution in [2.24, 2.45) is 0 Å². The third-order valence-corrected chi connectivity index (χ3v) is 5.53. The van der Waals surface area contributed by atoms with Crippen LogP contribution in [0.3, 0.4) is 0 Å². The van der Waals surface area contributed by atoms with Gasteiger partial charge in [0, 0.05) is 6.07 Å². The summed E-state index contributed by atoms with van der Waals surface area (Å²) in [6.45, 7) is 1.19. The van der Waals surface area contributed by atoms with Crippen LogP contribution < -0.4 is 14.5 Å². The van der Waals surface area contributed by atoms with E-state index in [1.807, 2.05) is 0 Å². The summed E-state index contributed by atoms with van der Waals surface area (Å²) in [5.41, 5.74) is 1.07. The minimum Gasteiger partial charge on any atom is -0.497 e. The van der Waals surface area contributed by atoms with E-state index in [-0.39, 0.29) is 10.6 Å². The molecule has 1 unspecified atom stereocenters. The van der Waals surface area contributed by atoms with Gasteiger partial charge >= 0.3 is 0 Å². The summed E-state index contributed by atoms with van der Waals surface area (Å²) in [6, 6.07) is 6.23. The molecule has 0 heterocycles. The number of ether oxygens (including phenoxy) is 1. The molecule has 2 N–H and O–H groups in total. The standard InChI is InChI=1S/C16H16F2N2O5S/c1-10(16(21)19-22)20(11-3-8-14(17)15(18)9-11)26(23,24)13-6-4-12(25-2)5-7-13/h3-10,22H,1-2H3,(H,19,21). The van der Waals surface area contributed by atoms with Crippen molar-refractivity contribution in [3.05, 3.63) is 54.1 Å². The average Bonchev–Trinajstić information content (AvgIpc) is 2.63. The van der Waals surface area contributed by atoms with Crippen LogP contribution in [-0.2, 0) is 14.8 Å². The summed E-state index contributed by atoms with van der Waals surface area (Å²) in [6.07, 6.45) is 0. The maximum Gasteiger partial charge on any atom is 0.266 e. The highest BCUT2D eigenvalue weighted by molar-refractivity contribution is 7.92. The molecule has 1 atom stereocenters. The highest BCUT2D eigenvalue weighted by Gasteiger charge is 2.34.